The Morgan fingerprint density at radius 2 is 1.00 bits per heavy atom. The molecule has 1 heterocycles. The average molecular weight is 1860 g/mol. The number of alkyl halides is 1. The molecular formula is C94H125Br2MgN9O15Si2. The van der Waals surface area contributed by atoms with Crippen molar-refractivity contribution in [3.8, 4) is 11.8 Å². The van der Waals surface area contributed by atoms with E-state index in [2.05, 4.69) is 98.9 Å². The summed E-state index contributed by atoms with van der Waals surface area (Å²) in [5, 5.41) is 37.3. The number of nitrogens with zero attached hydrogens (tertiary/aromatic N) is 6. The number of carbonyl (C=O) groups excluding carboxylic acids is 7. The maximum atomic E-state index is 12.8. The second-order valence-electron chi connectivity index (χ2n) is 35.5. The first kappa shape index (κ1) is 108. The van der Waals surface area contributed by atoms with E-state index in [0.29, 0.717) is 63.3 Å². The number of aliphatic hydroxyl groups is 1. The zero-order chi connectivity index (χ0) is 90.3. The largest absolute Gasteiger partial charge is 2.00 e. The van der Waals surface area contributed by atoms with Crippen molar-refractivity contribution in [1.29, 1.82) is 5.26 Å². The van der Waals surface area contributed by atoms with Gasteiger partial charge in [-0.25, -0.2) is 28.7 Å². The Bertz CT molecular complexity index is 4630. The van der Waals surface area contributed by atoms with E-state index in [4.69, 9.17) is 40.8 Å². The van der Waals surface area contributed by atoms with E-state index in [1.54, 1.807) is 107 Å². The van der Waals surface area contributed by atoms with Crippen LogP contribution in [0.15, 0.2) is 200 Å². The third-order valence-corrected chi connectivity index (χ3v) is 25.0. The third-order valence-electron chi connectivity index (χ3n) is 17.2. The van der Waals surface area contributed by atoms with E-state index in [1.165, 1.54) is 42.1 Å². The van der Waals surface area contributed by atoms with E-state index in [-0.39, 0.29) is 88.3 Å². The van der Waals surface area contributed by atoms with Crippen molar-refractivity contribution in [3.05, 3.63) is 251 Å². The number of benzene rings is 7. The van der Waals surface area contributed by atoms with Crippen molar-refractivity contribution in [2.45, 2.75) is 233 Å². The Hall–Kier alpha value is -9.36. The minimum Gasteiger partial charge on any atom is -1.00 e. The van der Waals surface area contributed by atoms with Crippen LogP contribution in [0.1, 0.15) is 198 Å². The summed E-state index contributed by atoms with van der Waals surface area (Å²) in [5.74, 6) is -0.788. The number of rotatable bonds is 20. The molecule has 8 aromatic rings. The molecule has 0 aliphatic heterocycles. The Labute approximate surface area is 764 Å². The van der Waals surface area contributed by atoms with Gasteiger partial charge < -0.3 is 76.8 Å². The van der Waals surface area contributed by atoms with Crippen molar-refractivity contribution in [3.63, 3.8) is 0 Å². The summed E-state index contributed by atoms with van der Waals surface area (Å²) in [6.45, 7) is 37.9. The molecule has 7 aromatic carbocycles. The summed E-state index contributed by atoms with van der Waals surface area (Å²) < 4.78 is 28.8. The van der Waals surface area contributed by atoms with Crippen LogP contribution in [-0.2, 0) is 29.3 Å². The molecule has 1 aromatic heterocycles. The quantitative estimate of drug-likeness (QED) is 0.00691. The number of halogens is 2. The number of nitrogens with one attached hydrogen (secondary N) is 1. The van der Waals surface area contributed by atoms with Crippen LogP contribution in [0.25, 0.3) is 5.69 Å². The summed E-state index contributed by atoms with van der Waals surface area (Å²) in [7, 11) is -2.58. The van der Waals surface area contributed by atoms with Crippen LogP contribution in [0.4, 0.5) is 30.6 Å². The molecule has 0 radical (unpaired) electrons. The van der Waals surface area contributed by atoms with Gasteiger partial charge in [-0.05, 0) is 189 Å². The Morgan fingerprint density at radius 1 is 0.569 bits per heavy atom. The summed E-state index contributed by atoms with van der Waals surface area (Å²) in [6.07, 6.45) is 5.79. The second kappa shape index (κ2) is 50.0. The average Bonchev–Trinajstić information content (AvgIpc) is 1.78. The van der Waals surface area contributed by atoms with Crippen molar-refractivity contribution in [2.24, 2.45) is 5.73 Å². The molecule has 1 atom stereocenters. The zero-order valence-corrected chi connectivity index (χ0v) is 81.4. The number of anilines is 2. The molecule has 0 saturated heterocycles. The van der Waals surface area contributed by atoms with Gasteiger partial charge >= 0.3 is 53.5 Å². The summed E-state index contributed by atoms with van der Waals surface area (Å²) in [6, 6.07) is 67.4. The number of ether oxygens (including phenoxy) is 5. The molecule has 4 fully saturated rings. The first-order valence-corrected chi connectivity index (χ1v) is 48.6. The minimum absolute atomic E-state index is 0. The number of carboxylic acid groups (broad SMARTS) is 1. The fourth-order valence-corrected chi connectivity index (χ4v) is 21.8. The van der Waals surface area contributed by atoms with Gasteiger partial charge in [0, 0.05) is 46.5 Å². The van der Waals surface area contributed by atoms with Crippen molar-refractivity contribution in [1.82, 2.24) is 24.9 Å². The number of aromatic nitrogens is 2. The molecule has 29 heteroatoms. The predicted octanol–water partition coefficient (Wildman–Crippen LogP) is 16.4. The number of nitrogen functional groups attached to an aromatic ring is 1. The molecule has 1 unspecified atom stereocenters. The first-order chi connectivity index (χ1) is 56.5. The number of hydrogen-bond donors (Lipinski definition) is 5. The molecule has 4 saturated carbocycles. The van der Waals surface area contributed by atoms with Crippen LogP contribution in [0.3, 0.4) is 0 Å². The number of hydrogen-bond acceptors (Lipinski definition) is 20. The van der Waals surface area contributed by atoms with Crippen molar-refractivity contribution >= 4 is 115 Å². The topological polar surface area (TPSA) is 339 Å². The van der Waals surface area contributed by atoms with Crippen molar-refractivity contribution in [2.75, 3.05) is 34.9 Å². The monoisotopic (exact) mass is 1860 g/mol. The predicted molar refractivity (Wildman–Crippen MR) is 490 cm³/mol. The van der Waals surface area contributed by atoms with Gasteiger partial charge in [-0.15, -0.1) is 0 Å². The Morgan fingerprint density at radius 3 is 1.40 bits per heavy atom. The van der Waals surface area contributed by atoms with Crippen LogP contribution in [-0.4, -0.2) is 189 Å². The minimum atomic E-state index is -1.38. The number of aromatic carboxylic acids is 1. The van der Waals surface area contributed by atoms with Crippen LogP contribution >= 0.6 is 15.9 Å². The van der Waals surface area contributed by atoms with E-state index in [1.807, 2.05) is 175 Å². The number of carboxylic acids is 1. The molecule has 660 valence electrons. The van der Waals surface area contributed by atoms with E-state index in [9.17, 15) is 43.5 Å². The van der Waals surface area contributed by atoms with Gasteiger partial charge in [0.15, 0.2) is 23.0 Å². The molecule has 2 amide bonds. The number of nitriles is 1. The van der Waals surface area contributed by atoms with Gasteiger partial charge in [-0.1, -0.05) is 200 Å². The van der Waals surface area contributed by atoms with E-state index in [0.717, 1.165) is 36.8 Å². The molecule has 4 aliphatic carbocycles. The Balaban J connectivity index is 0.000000373. The van der Waals surface area contributed by atoms with Gasteiger partial charge in [0.25, 0.3) is 0 Å². The fourth-order valence-electron chi connectivity index (χ4n) is 11.6. The molecule has 12 rings (SSSR count). The van der Waals surface area contributed by atoms with E-state index < -0.39 is 74.9 Å². The van der Waals surface area contributed by atoms with Crippen molar-refractivity contribution < 1.29 is 89.2 Å². The second-order valence-corrected chi connectivity index (χ2v) is 46.1. The molecule has 0 spiro atoms. The molecule has 0 bridgehead atoms. The number of aryl methyl sites for hydroxylation is 1. The van der Waals surface area contributed by atoms with Gasteiger partial charge in [-0.3, -0.25) is 19.3 Å². The van der Waals surface area contributed by atoms with Crippen LogP contribution in [0, 0.1) is 24.3 Å². The van der Waals surface area contributed by atoms with Crippen LogP contribution in [0.2, 0.25) is 39.3 Å². The Kier molecular flexibility index (Phi) is 43.8. The number of amides is 2. The number of nitrogens with two attached hydrogens (primary N) is 2. The number of Topliss-reactive ketones (excluding diaryl/α,β-unsaturated/α-hetero) is 3. The maximum absolute atomic E-state index is 12.8. The fraction of sp³-hybridized carbons (Fsp3) is 0.426. The molecule has 7 N–H and O–H groups in total. The van der Waals surface area contributed by atoms with Gasteiger partial charge in [0.2, 0.25) is 0 Å². The molecule has 123 heavy (non-hydrogen) atoms. The first-order valence-electron chi connectivity index (χ1n) is 40.6. The summed E-state index contributed by atoms with van der Waals surface area (Å²) in [4.78, 5) is 95.9. The van der Waals surface area contributed by atoms with Gasteiger partial charge in [0.05, 0.1) is 48.0 Å². The third kappa shape index (κ3) is 42.3. The SMILES string of the molecule is CC(C)(C)OC(=O)N(CC(=O)c1ccccc1)C1CC1.CC(C)(C)OC(=O)N(CC(O)(c1ccccc1)c1cccc(N)c1)C1CC1.CC(C)(C)OC(=O)OC(=O)OC(C)(C)C.C[Si](C)(C)N(c1c[c-]ccc1)[Si](C)(C)C.Cc1cc(C(=O)O)n(-c2cccc(C#N)c2)n1.NC1CC1.O=C(CBr)c1ccccc1.O=C(CNC1CC1)c1ccccc1.[Br-].[Mg+2]. The van der Waals surface area contributed by atoms with Gasteiger partial charge in [0.1, 0.15) is 44.5 Å². The van der Waals surface area contributed by atoms with Gasteiger partial charge in [-0.2, -0.15) is 40.7 Å². The smallest absolute Gasteiger partial charge is 1.00 e. The molecular weight excluding hydrogens is 1740 g/mol. The van der Waals surface area contributed by atoms with Crippen LogP contribution in [0.5, 0.6) is 0 Å². The maximum Gasteiger partial charge on any atom is 2.00 e. The number of carbonyl (C=O) groups is 8. The molecule has 24 nitrogen and oxygen atoms in total. The normalized spacial score (nSPS) is 13.6. The zero-order valence-electron chi connectivity index (χ0n) is 74.8. The molecule has 4 aliphatic rings. The summed E-state index contributed by atoms with van der Waals surface area (Å²) >= 11 is 3.10. The van der Waals surface area contributed by atoms with Crippen LogP contribution < -0.4 is 38.0 Å². The standard InChI is InChI=1S/C22H28N2O3.C16H21NO3.C12H9N3O2.C12H22NSi2.C11H13NO.C10H18O5.C8H7BrO.C3H7N.BrH.Mg/c1-21(2,3)27-20(25)24(19-12-13-19)15-22(26,16-8-5-4-6-9-16)17-10-7-11-18(23)14-17;1-16(2,3)20-15(19)17(13-9-10-13)11-14(18)12-7-5-4-6-8-12;1-8-5-11(12(16)17)15(14-8)10-4-2-3-9(6-10)7-13;1-14(2,3)13(15(4,5)6)12-10-8-7-9-11-12;13-11(8-12-10-6-7-10)9-4-2-1-3-5-9;1-9(2,3)14-7(11)13-8(12)15-10(4,5)6;9-6-8(10)7-4-2-1-3-5-7;4-3-1-2-3;;/h4-11,14,19,26H,12-13,15,23H2,1-3H3;4-8,13H,9-11H2,1-3H3;2-6H,1H3,(H,16,17);7-8,10-11H,1-6H3;1-5,10,12H,6-8H2;1-6H3;1-5H,6H2;3H,1-2,4H2;1H;/q;;;-1;;;;;;+2/p-1. The van der Waals surface area contributed by atoms with E-state index >= 15 is 0 Å². The summed E-state index contributed by atoms with van der Waals surface area (Å²) in [5.41, 5.74) is 14.5. The number of ketones is 3.